The van der Waals surface area contributed by atoms with Gasteiger partial charge in [0, 0.05) is 29.9 Å². The van der Waals surface area contributed by atoms with Crippen molar-refractivity contribution in [2.75, 3.05) is 13.7 Å². The van der Waals surface area contributed by atoms with Gasteiger partial charge in [0.15, 0.2) is 0 Å². The molecule has 0 bridgehead atoms. The lowest BCUT2D eigenvalue weighted by molar-refractivity contribution is -0.138. The van der Waals surface area contributed by atoms with Crippen molar-refractivity contribution >= 4 is 5.97 Å². The summed E-state index contributed by atoms with van der Waals surface area (Å²) in [7, 11) is 1.66. The standard InChI is InChI=1S/C15H24N2O3/c1-6-17(11(3)7-14(18)19)9-13-12(4)15(20-5)10(2)8-16-13/h8,11H,6-7,9H2,1-5H3,(H,18,19). The molecule has 0 amide bonds. The highest BCUT2D eigenvalue weighted by atomic mass is 16.5. The second-order valence-corrected chi connectivity index (χ2v) is 5.06. The molecule has 1 rings (SSSR count). The van der Waals surface area contributed by atoms with E-state index >= 15 is 0 Å². The molecule has 1 unspecified atom stereocenters. The fraction of sp³-hybridized carbons (Fsp3) is 0.600. The van der Waals surface area contributed by atoms with Crippen LogP contribution in [0.2, 0.25) is 0 Å². The number of carbonyl (C=O) groups is 1. The minimum absolute atomic E-state index is 0.0222. The van der Waals surface area contributed by atoms with Gasteiger partial charge >= 0.3 is 5.97 Å². The van der Waals surface area contributed by atoms with Crippen molar-refractivity contribution in [1.29, 1.82) is 0 Å². The SMILES string of the molecule is CCN(Cc1ncc(C)c(OC)c1C)C(C)CC(=O)O. The van der Waals surface area contributed by atoms with Crippen LogP contribution in [0.3, 0.4) is 0 Å². The molecule has 5 heteroatoms. The van der Waals surface area contributed by atoms with Gasteiger partial charge in [0.1, 0.15) is 5.75 Å². The summed E-state index contributed by atoms with van der Waals surface area (Å²) in [5, 5.41) is 8.91. The first kappa shape index (κ1) is 16.4. The largest absolute Gasteiger partial charge is 0.496 e. The Balaban J connectivity index is 2.93. The monoisotopic (exact) mass is 280 g/mol. The van der Waals surface area contributed by atoms with E-state index in [0.29, 0.717) is 6.54 Å². The van der Waals surface area contributed by atoms with Crippen LogP contribution in [-0.4, -0.2) is 40.7 Å². The third-order valence-electron chi connectivity index (χ3n) is 3.60. The Kier molecular flexibility index (Phi) is 5.95. The van der Waals surface area contributed by atoms with Crippen LogP contribution in [-0.2, 0) is 11.3 Å². The molecule has 1 heterocycles. The van der Waals surface area contributed by atoms with Crippen LogP contribution in [0.5, 0.6) is 5.75 Å². The van der Waals surface area contributed by atoms with Crippen LogP contribution in [0, 0.1) is 13.8 Å². The Bertz CT molecular complexity index is 474. The van der Waals surface area contributed by atoms with Crippen molar-refractivity contribution in [3.8, 4) is 5.75 Å². The number of ether oxygens (including phenoxy) is 1. The molecule has 1 aromatic heterocycles. The first-order valence-corrected chi connectivity index (χ1v) is 6.85. The fourth-order valence-corrected chi connectivity index (χ4v) is 2.38. The predicted molar refractivity (Wildman–Crippen MR) is 78.1 cm³/mol. The van der Waals surface area contributed by atoms with E-state index in [2.05, 4.69) is 9.88 Å². The van der Waals surface area contributed by atoms with Crippen LogP contribution in [0.15, 0.2) is 6.20 Å². The fourth-order valence-electron chi connectivity index (χ4n) is 2.38. The van der Waals surface area contributed by atoms with Gasteiger partial charge in [-0.3, -0.25) is 14.7 Å². The van der Waals surface area contributed by atoms with E-state index in [1.165, 1.54) is 0 Å². The lowest BCUT2D eigenvalue weighted by Crippen LogP contribution is -2.34. The average molecular weight is 280 g/mol. The molecule has 112 valence electrons. The van der Waals surface area contributed by atoms with Crippen LogP contribution in [0.4, 0.5) is 0 Å². The summed E-state index contributed by atoms with van der Waals surface area (Å²) in [6.45, 7) is 9.33. The Labute approximate surface area is 120 Å². The molecule has 0 saturated carbocycles. The number of methoxy groups -OCH3 is 1. The summed E-state index contributed by atoms with van der Waals surface area (Å²) >= 11 is 0. The Morgan fingerprint density at radius 1 is 1.50 bits per heavy atom. The second-order valence-electron chi connectivity index (χ2n) is 5.06. The van der Waals surface area contributed by atoms with Crippen molar-refractivity contribution < 1.29 is 14.6 Å². The van der Waals surface area contributed by atoms with Crippen molar-refractivity contribution in [1.82, 2.24) is 9.88 Å². The molecule has 0 aliphatic heterocycles. The predicted octanol–water partition coefficient (Wildman–Crippen LogP) is 2.39. The smallest absolute Gasteiger partial charge is 0.304 e. The minimum atomic E-state index is -0.776. The molecule has 20 heavy (non-hydrogen) atoms. The zero-order valence-corrected chi connectivity index (χ0v) is 12.9. The number of nitrogens with zero attached hydrogens (tertiary/aromatic N) is 2. The van der Waals surface area contributed by atoms with E-state index in [1.807, 2.05) is 27.7 Å². The van der Waals surface area contributed by atoms with Gasteiger partial charge in [-0.2, -0.15) is 0 Å². The normalized spacial score (nSPS) is 12.5. The van der Waals surface area contributed by atoms with Crippen molar-refractivity contribution in [2.24, 2.45) is 0 Å². The Morgan fingerprint density at radius 2 is 2.15 bits per heavy atom. The van der Waals surface area contributed by atoms with Gasteiger partial charge < -0.3 is 9.84 Å². The minimum Gasteiger partial charge on any atom is -0.496 e. The maximum absolute atomic E-state index is 10.8. The molecular weight excluding hydrogens is 256 g/mol. The molecule has 1 aromatic rings. The first-order chi connectivity index (χ1) is 9.40. The van der Waals surface area contributed by atoms with E-state index in [1.54, 1.807) is 13.3 Å². The molecule has 5 nitrogen and oxygen atoms in total. The Hall–Kier alpha value is -1.62. The number of rotatable bonds is 7. The van der Waals surface area contributed by atoms with E-state index < -0.39 is 5.97 Å². The number of hydrogen-bond donors (Lipinski definition) is 1. The number of aliphatic carboxylic acids is 1. The molecule has 0 spiro atoms. The lowest BCUT2D eigenvalue weighted by atomic mass is 10.1. The molecule has 0 fully saturated rings. The molecule has 1 N–H and O–H groups in total. The average Bonchev–Trinajstić information content (AvgIpc) is 2.37. The van der Waals surface area contributed by atoms with Crippen molar-refractivity contribution in [3.63, 3.8) is 0 Å². The van der Waals surface area contributed by atoms with Crippen molar-refractivity contribution in [3.05, 3.63) is 23.0 Å². The number of hydrogen-bond acceptors (Lipinski definition) is 4. The number of pyridine rings is 1. The van der Waals surface area contributed by atoms with E-state index in [-0.39, 0.29) is 12.5 Å². The zero-order chi connectivity index (χ0) is 15.3. The summed E-state index contributed by atoms with van der Waals surface area (Å²) in [5.41, 5.74) is 2.97. The summed E-state index contributed by atoms with van der Waals surface area (Å²) < 4.78 is 5.40. The summed E-state index contributed by atoms with van der Waals surface area (Å²) in [5.74, 6) is 0.0825. The zero-order valence-electron chi connectivity index (χ0n) is 12.9. The highest BCUT2D eigenvalue weighted by Gasteiger charge is 2.18. The van der Waals surface area contributed by atoms with E-state index in [0.717, 1.165) is 29.1 Å². The van der Waals surface area contributed by atoms with Crippen LogP contribution >= 0.6 is 0 Å². The molecular formula is C15H24N2O3. The lowest BCUT2D eigenvalue weighted by Gasteiger charge is -2.27. The number of carboxylic acids is 1. The van der Waals surface area contributed by atoms with Crippen LogP contribution < -0.4 is 4.74 Å². The van der Waals surface area contributed by atoms with Gasteiger partial charge in [0.2, 0.25) is 0 Å². The second kappa shape index (κ2) is 7.24. The third-order valence-corrected chi connectivity index (χ3v) is 3.60. The van der Waals surface area contributed by atoms with E-state index in [4.69, 9.17) is 9.84 Å². The van der Waals surface area contributed by atoms with Crippen molar-refractivity contribution in [2.45, 2.75) is 46.7 Å². The van der Waals surface area contributed by atoms with Gasteiger partial charge in [-0.05, 0) is 27.3 Å². The van der Waals surface area contributed by atoms with Gasteiger partial charge in [0.05, 0.1) is 19.2 Å². The van der Waals surface area contributed by atoms with E-state index in [9.17, 15) is 4.79 Å². The van der Waals surface area contributed by atoms with Gasteiger partial charge in [-0.25, -0.2) is 0 Å². The van der Waals surface area contributed by atoms with Crippen LogP contribution in [0.1, 0.15) is 37.1 Å². The van der Waals surface area contributed by atoms with Gasteiger partial charge in [0.25, 0.3) is 0 Å². The topological polar surface area (TPSA) is 62.7 Å². The quantitative estimate of drug-likeness (QED) is 0.831. The summed E-state index contributed by atoms with van der Waals surface area (Å²) in [6.07, 6.45) is 1.94. The van der Waals surface area contributed by atoms with Gasteiger partial charge in [-0.1, -0.05) is 6.92 Å². The highest BCUT2D eigenvalue weighted by molar-refractivity contribution is 5.67. The maximum Gasteiger partial charge on any atom is 0.304 e. The molecule has 0 saturated heterocycles. The molecule has 0 aliphatic rings. The molecule has 0 aromatic carbocycles. The summed E-state index contributed by atoms with van der Waals surface area (Å²) in [4.78, 5) is 17.4. The first-order valence-electron chi connectivity index (χ1n) is 6.85. The van der Waals surface area contributed by atoms with Crippen LogP contribution in [0.25, 0.3) is 0 Å². The van der Waals surface area contributed by atoms with Gasteiger partial charge in [-0.15, -0.1) is 0 Å². The number of aromatic nitrogens is 1. The molecule has 0 radical (unpaired) electrons. The summed E-state index contributed by atoms with van der Waals surface area (Å²) in [6, 6.07) is -0.0222. The number of carboxylic acid groups (broad SMARTS) is 1. The molecule has 0 aliphatic carbocycles. The molecule has 1 atom stereocenters. The Morgan fingerprint density at radius 3 is 2.65 bits per heavy atom. The highest BCUT2D eigenvalue weighted by Crippen LogP contribution is 2.25. The number of aryl methyl sites for hydroxylation is 1. The third kappa shape index (κ3) is 3.93. The maximum atomic E-state index is 10.8.